The fourth-order valence-electron chi connectivity index (χ4n) is 2.02. The van der Waals surface area contributed by atoms with Crippen LogP contribution in [0.5, 0.6) is 0 Å². The van der Waals surface area contributed by atoms with Crippen molar-refractivity contribution in [2.24, 2.45) is 0 Å². The van der Waals surface area contributed by atoms with Gasteiger partial charge in [0.05, 0.1) is 6.54 Å². The molecule has 0 aliphatic carbocycles. The number of unbranched alkanes of at least 4 members (excludes halogenated alkanes) is 1. The number of aliphatic carboxylic acids is 1. The lowest BCUT2D eigenvalue weighted by molar-refractivity contribution is -0.138. The monoisotopic (exact) mass is 267 g/mol. The summed E-state index contributed by atoms with van der Waals surface area (Å²) in [4.78, 5) is 26.1. The van der Waals surface area contributed by atoms with Crippen molar-refractivity contribution in [1.29, 1.82) is 0 Å². The Morgan fingerprint density at radius 2 is 2.05 bits per heavy atom. The largest absolute Gasteiger partial charge is 0.480 e. The molecule has 2 N–H and O–H groups in total. The highest BCUT2D eigenvalue weighted by Gasteiger charge is 2.19. The maximum atomic E-state index is 11.9. The molecule has 0 radical (unpaired) electrons. The molecule has 1 rings (SSSR count). The van der Waals surface area contributed by atoms with Gasteiger partial charge in [0.1, 0.15) is 0 Å². The molecule has 1 fully saturated rings. The van der Waals surface area contributed by atoms with Crippen LogP contribution in [0, 0.1) is 12.3 Å². The number of hydrogen-bond acceptors (Lipinski definition) is 3. The molecular weight excluding hydrogens is 246 g/mol. The first-order valence-electron chi connectivity index (χ1n) is 6.54. The van der Waals surface area contributed by atoms with Gasteiger partial charge in [0, 0.05) is 39.1 Å². The van der Waals surface area contributed by atoms with Gasteiger partial charge in [0.2, 0.25) is 0 Å². The summed E-state index contributed by atoms with van der Waals surface area (Å²) in [5.41, 5.74) is 0. The number of amides is 2. The van der Waals surface area contributed by atoms with Crippen molar-refractivity contribution >= 4 is 12.0 Å². The predicted molar refractivity (Wildman–Crippen MR) is 71.7 cm³/mol. The summed E-state index contributed by atoms with van der Waals surface area (Å²) < 4.78 is 0. The van der Waals surface area contributed by atoms with E-state index in [1.807, 2.05) is 4.90 Å². The van der Waals surface area contributed by atoms with E-state index in [1.165, 1.54) is 0 Å². The summed E-state index contributed by atoms with van der Waals surface area (Å²) in [6, 6.07) is -0.0887. The van der Waals surface area contributed by atoms with Crippen molar-refractivity contribution in [1.82, 2.24) is 15.1 Å². The zero-order valence-corrected chi connectivity index (χ0v) is 11.1. The van der Waals surface area contributed by atoms with Crippen LogP contribution in [0.2, 0.25) is 0 Å². The molecule has 1 aliphatic heterocycles. The van der Waals surface area contributed by atoms with Crippen molar-refractivity contribution < 1.29 is 14.7 Å². The second-order valence-electron chi connectivity index (χ2n) is 4.55. The van der Waals surface area contributed by atoms with Gasteiger partial charge in [-0.25, -0.2) is 4.79 Å². The van der Waals surface area contributed by atoms with E-state index in [-0.39, 0.29) is 12.6 Å². The maximum Gasteiger partial charge on any atom is 0.317 e. The predicted octanol–water partition coefficient (Wildman–Crippen LogP) is 0.202. The molecule has 0 unspecified atom stereocenters. The van der Waals surface area contributed by atoms with Gasteiger partial charge >= 0.3 is 12.0 Å². The van der Waals surface area contributed by atoms with Crippen LogP contribution in [0.15, 0.2) is 0 Å². The molecule has 1 saturated heterocycles. The molecule has 0 atom stereocenters. The number of nitrogens with zero attached hydrogens (tertiary/aromatic N) is 2. The van der Waals surface area contributed by atoms with E-state index in [0.29, 0.717) is 39.1 Å². The number of carboxylic acid groups (broad SMARTS) is 1. The summed E-state index contributed by atoms with van der Waals surface area (Å²) in [7, 11) is 0. The van der Waals surface area contributed by atoms with Gasteiger partial charge in [0.25, 0.3) is 0 Å². The van der Waals surface area contributed by atoms with Gasteiger partial charge in [-0.05, 0) is 12.8 Å². The second-order valence-corrected chi connectivity index (χ2v) is 4.55. The minimum atomic E-state index is -0.827. The average molecular weight is 267 g/mol. The molecular formula is C13H21N3O3. The van der Waals surface area contributed by atoms with E-state index in [9.17, 15) is 9.59 Å². The standard InChI is InChI=1S/C13H21N3O3/c1-2-3-4-6-14-13(19)16-8-5-7-15(9-10-16)11-12(17)18/h1H,3-11H2,(H,14,19)(H,17,18). The quantitative estimate of drug-likeness (QED) is 0.551. The Hall–Kier alpha value is -1.74. The van der Waals surface area contributed by atoms with Gasteiger partial charge < -0.3 is 15.3 Å². The van der Waals surface area contributed by atoms with Crippen LogP contribution < -0.4 is 5.32 Å². The molecule has 6 heteroatoms. The van der Waals surface area contributed by atoms with Crippen molar-refractivity contribution in [2.75, 3.05) is 39.3 Å². The Morgan fingerprint density at radius 1 is 1.26 bits per heavy atom. The lowest BCUT2D eigenvalue weighted by Gasteiger charge is -2.21. The molecule has 6 nitrogen and oxygen atoms in total. The number of terminal acetylenes is 1. The van der Waals surface area contributed by atoms with Crippen LogP contribution in [0.4, 0.5) is 4.79 Å². The third-order valence-electron chi connectivity index (χ3n) is 3.01. The molecule has 0 aromatic heterocycles. The van der Waals surface area contributed by atoms with Crippen molar-refractivity contribution in [3.8, 4) is 12.3 Å². The summed E-state index contributed by atoms with van der Waals surface area (Å²) in [6.07, 6.45) is 7.37. The average Bonchev–Trinajstić information content (AvgIpc) is 2.59. The Kier molecular flexibility index (Phi) is 6.75. The highest BCUT2D eigenvalue weighted by atomic mass is 16.4. The van der Waals surface area contributed by atoms with E-state index >= 15 is 0 Å². The molecule has 0 spiro atoms. The molecule has 1 aliphatic rings. The molecule has 1 heterocycles. The van der Waals surface area contributed by atoms with E-state index in [0.717, 1.165) is 12.8 Å². The minimum Gasteiger partial charge on any atom is -0.480 e. The lowest BCUT2D eigenvalue weighted by Crippen LogP contribution is -2.42. The highest BCUT2D eigenvalue weighted by Crippen LogP contribution is 2.03. The topological polar surface area (TPSA) is 72.9 Å². The SMILES string of the molecule is C#CCCCNC(=O)N1CCCN(CC(=O)O)CC1. The number of carboxylic acids is 1. The Balaban J connectivity index is 2.29. The number of nitrogens with one attached hydrogen (secondary N) is 1. The van der Waals surface area contributed by atoms with Crippen molar-refractivity contribution in [2.45, 2.75) is 19.3 Å². The van der Waals surface area contributed by atoms with E-state index in [1.54, 1.807) is 4.90 Å². The van der Waals surface area contributed by atoms with Crippen LogP contribution in [0.25, 0.3) is 0 Å². The zero-order valence-electron chi connectivity index (χ0n) is 11.1. The minimum absolute atomic E-state index is 0.0393. The number of urea groups is 1. The number of carbonyl (C=O) groups excluding carboxylic acids is 1. The van der Waals surface area contributed by atoms with Gasteiger partial charge in [-0.15, -0.1) is 12.3 Å². The van der Waals surface area contributed by atoms with E-state index < -0.39 is 5.97 Å². The van der Waals surface area contributed by atoms with E-state index in [4.69, 9.17) is 11.5 Å². The Morgan fingerprint density at radius 3 is 2.74 bits per heavy atom. The zero-order chi connectivity index (χ0) is 14.1. The molecule has 0 saturated carbocycles. The first-order valence-corrected chi connectivity index (χ1v) is 6.54. The molecule has 0 aromatic carbocycles. The third kappa shape index (κ3) is 6.11. The summed E-state index contributed by atoms with van der Waals surface area (Å²) >= 11 is 0. The fraction of sp³-hybridized carbons (Fsp3) is 0.692. The number of hydrogen-bond donors (Lipinski definition) is 2. The lowest BCUT2D eigenvalue weighted by atomic mass is 10.3. The summed E-state index contributed by atoms with van der Waals surface area (Å²) in [5.74, 6) is 1.70. The first kappa shape index (κ1) is 15.3. The van der Waals surface area contributed by atoms with Crippen molar-refractivity contribution in [3.63, 3.8) is 0 Å². The van der Waals surface area contributed by atoms with Crippen LogP contribution >= 0.6 is 0 Å². The van der Waals surface area contributed by atoms with Gasteiger partial charge in [-0.2, -0.15) is 0 Å². The molecule has 0 bridgehead atoms. The van der Waals surface area contributed by atoms with Gasteiger partial charge in [-0.3, -0.25) is 9.69 Å². The van der Waals surface area contributed by atoms with Crippen molar-refractivity contribution in [3.05, 3.63) is 0 Å². The summed E-state index contributed by atoms with van der Waals surface area (Å²) in [6.45, 7) is 3.17. The molecule has 19 heavy (non-hydrogen) atoms. The number of carbonyl (C=O) groups is 2. The van der Waals surface area contributed by atoms with Crippen LogP contribution in [-0.2, 0) is 4.79 Å². The Bertz CT molecular complexity index is 352. The molecule has 0 aromatic rings. The van der Waals surface area contributed by atoms with Crippen LogP contribution in [-0.4, -0.2) is 66.2 Å². The first-order chi connectivity index (χ1) is 9.13. The second kappa shape index (κ2) is 8.38. The maximum absolute atomic E-state index is 11.9. The molecule has 2 amide bonds. The molecule has 106 valence electrons. The highest BCUT2D eigenvalue weighted by molar-refractivity contribution is 5.74. The Labute approximate surface area is 113 Å². The smallest absolute Gasteiger partial charge is 0.317 e. The fourth-order valence-corrected chi connectivity index (χ4v) is 2.02. The van der Waals surface area contributed by atoms with Crippen LogP contribution in [0.1, 0.15) is 19.3 Å². The third-order valence-corrected chi connectivity index (χ3v) is 3.01. The van der Waals surface area contributed by atoms with E-state index in [2.05, 4.69) is 11.2 Å². The van der Waals surface area contributed by atoms with Gasteiger partial charge in [-0.1, -0.05) is 0 Å². The van der Waals surface area contributed by atoms with Crippen LogP contribution in [0.3, 0.4) is 0 Å². The van der Waals surface area contributed by atoms with Gasteiger partial charge in [0.15, 0.2) is 0 Å². The normalized spacial score (nSPS) is 16.5. The number of rotatable bonds is 5. The summed E-state index contributed by atoms with van der Waals surface area (Å²) in [5, 5.41) is 11.6.